The van der Waals surface area contributed by atoms with Gasteiger partial charge in [0.05, 0.1) is 12.1 Å². The Morgan fingerprint density at radius 1 is 0.900 bits per heavy atom. The van der Waals surface area contributed by atoms with E-state index in [1.54, 1.807) is 35.7 Å². The monoisotopic (exact) mass is 423 g/mol. The number of rotatable bonds is 6. The van der Waals surface area contributed by atoms with E-state index in [-0.39, 0.29) is 18.2 Å². The number of benzene rings is 2. The molecule has 1 aromatic heterocycles. The molecule has 0 saturated heterocycles. The molecule has 2 aromatic carbocycles. The SMILES string of the molecule is CC(=O)Nc1ccc(NC(=O)Cc2csc(NC(=O)Nc3cccc(C)c3)n2)cc1. The molecule has 154 valence electrons. The van der Waals surface area contributed by atoms with Crippen molar-refractivity contribution in [2.45, 2.75) is 20.3 Å². The molecule has 0 aliphatic heterocycles. The van der Waals surface area contributed by atoms with Crippen molar-refractivity contribution in [2.24, 2.45) is 0 Å². The van der Waals surface area contributed by atoms with Crippen LogP contribution in [0.5, 0.6) is 0 Å². The number of carbonyl (C=O) groups is 3. The summed E-state index contributed by atoms with van der Waals surface area (Å²) in [6, 6.07) is 13.9. The van der Waals surface area contributed by atoms with Crippen molar-refractivity contribution in [1.29, 1.82) is 0 Å². The number of anilines is 4. The van der Waals surface area contributed by atoms with Crippen molar-refractivity contribution in [2.75, 3.05) is 21.3 Å². The first kappa shape index (κ1) is 21.0. The fourth-order valence-electron chi connectivity index (χ4n) is 2.64. The molecule has 1 heterocycles. The molecule has 0 bridgehead atoms. The zero-order chi connectivity index (χ0) is 21.5. The summed E-state index contributed by atoms with van der Waals surface area (Å²) >= 11 is 1.24. The zero-order valence-electron chi connectivity index (χ0n) is 16.5. The van der Waals surface area contributed by atoms with Gasteiger partial charge in [-0.2, -0.15) is 0 Å². The average molecular weight is 423 g/mol. The van der Waals surface area contributed by atoms with E-state index in [9.17, 15) is 14.4 Å². The van der Waals surface area contributed by atoms with Gasteiger partial charge < -0.3 is 16.0 Å². The second kappa shape index (κ2) is 9.66. The minimum Gasteiger partial charge on any atom is -0.326 e. The first-order chi connectivity index (χ1) is 14.4. The summed E-state index contributed by atoms with van der Waals surface area (Å²) in [4.78, 5) is 39.6. The highest BCUT2D eigenvalue weighted by Gasteiger charge is 2.11. The summed E-state index contributed by atoms with van der Waals surface area (Å²) in [6.07, 6.45) is 0.0745. The predicted octanol–water partition coefficient (Wildman–Crippen LogP) is 4.24. The summed E-state index contributed by atoms with van der Waals surface area (Å²) in [5.41, 5.74) is 3.55. The second-order valence-corrected chi connectivity index (χ2v) is 7.43. The first-order valence-corrected chi connectivity index (χ1v) is 10.0. The maximum atomic E-state index is 12.2. The molecule has 0 aliphatic carbocycles. The van der Waals surface area contributed by atoms with E-state index in [1.807, 2.05) is 25.1 Å². The third-order valence-electron chi connectivity index (χ3n) is 3.88. The Morgan fingerprint density at radius 2 is 1.60 bits per heavy atom. The standard InChI is InChI=1S/C21H21N5O3S/c1-13-4-3-5-17(10-13)24-20(29)26-21-25-18(12-30-21)11-19(28)23-16-8-6-15(7-9-16)22-14(2)27/h3-10,12H,11H2,1-2H3,(H,22,27)(H,23,28)(H2,24,25,26,29). The minimum atomic E-state index is -0.398. The van der Waals surface area contributed by atoms with Gasteiger partial charge in [-0.3, -0.25) is 14.9 Å². The molecule has 0 atom stereocenters. The number of amides is 4. The van der Waals surface area contributed by atoms with Gasteiger partial charge in [-0.05, 0) is 48.9 Å². The van der Waals surface area contributed by atoms with Crippen LogP contribution in [0.2, 0.25) is 0 Å². The molecule has 3 aromatic rings. The van der Waals surface area contributed by atoms with Crippen molar-refractivity contribution >= 4 is 51.4 Å². The van der Waals surface area contributed by atoms with Gasteiger partial charge in [0.1, 0.15) is 0 Å². The van der Waals surface area contributed by atoms with Gasteiger partial charge >= 0.3 is 6.03 Å². The van der Waals surface area contributed by atoms with Gasteiger partial charge in [0, 0.05) is 29.4 Å². The first-order valence-electron chi connectivity index (χ1n) is 9.14. The Kier molecular flexibility index (Phi) is 6.76. The number of urea groups is 1. The zero-order valence-corrected chi connectivity index (χ0v) is 17.3. The maximum Gasteiger partial charge on any atom is 0.325 e. The largest absolute Gasteiger partial charge is 0.326 e. The third-order valence-corrected chi connectivity index (χ3v) is 4.69. The van der Waals surface area contributed by atoms with Gasteiger partial charge in [-0.15, -0.1) is 11.3 Å². The lowest BCUT2D eigenvalue weighted by atomic mass is 10.2. The highest BCUT2D eigenvalue weighted by atomic mass is 32.1. The summed E-state index contributed by atoms with van der Waals surface area (Å²) in [5.74, 6) is -0.393. The number of aryl methyl sites for hydroxylation is 1. The van der Waals surface area contributed by atoms with E-state index >= 15 is 0 Å². The summed E-state index contributed by atoms with van der Waals surface area (Å²) in [7, 11) is 0. The normalized spacial score (nSPS) is 10.2. The van der Waals surface area contributed by atoms with Gasteiger partial charge in [-0.1, -0.05) is 12.1 Å². The van der Waals surface area contributed by atoms with Crippen LogP contribution in [0.3, 0.4) is 0 Å². The quantitative estimate of drug-likeness (QED) is 0.475. The van der Waals surface area contributed by atoms with Crippen molar-refractivity contribution in [3.8, 4) is 0 Å². The Morgan fingerprint density at radius 3 is 2.27 bits per heavy atom. The summed E-state index contributed by atoms with van der Waals surface area (Å²) in [6.45, 7) is 3.37. The maximum absolute atomic E-state index is 12.2. The van der Waals surface area contributed by atoms with E-state index in [1.165, 1.54) is 18.3 Å². The third kappa shape index (κ3) is 6.42. The summed E-state index contributed by atoms with van der Waals surface area (Å²) in [5, 5.41) is 13.0. The molecule has 0 spiro atoms. The molecule has 30 heavy (non-hydrogen) atoms. The van der Waals surface area contributed by atoms with Crippen LogP contribution < -0.4 is 21.3 Å². The Balaban J connectivity index is 1.50. The van der Waals surface area contributed by atoms with Crippen LogP contribution in [0.1, 0.15) is 18.2 Å². The van der Waals surface area contributed by atoms with Crippen molar-refractivity contribution < 1.29 is 14.4 Å². The molecule has 0 saturated carbocycles. The lowest BCUT2D eigenvalue weighted by Crippen LogP contribution is -2.19. The average Bonchev–Trinajstić information content (AvgIpc) is 3.09. The predicted molar refractivity (Wildman–Crippen MR) is 119 cm³/mol. The fraction of sp³-hybridized carbons (Fsp3) is 0.143. The molecule has 0 radical (unpaired) electrons. The molecular formula is C21H21N5O3S. The van der Waals surface area contributed by atoms with Gasteiger partial charge in [0.2, 0.25) is 11.8 Å². The molecule has 0 aliphatic rings. The van der Waals surface area contributed by atoms with E-state index in [4.69, 9.17) is 0 Å². The second-order valence-electron chi connectivity index (χ2n) is 6.58. The van der Waals surface area contributed by atoms with Crippen LogP contribution in [0.4, 0.5) is 27.0 Å². The van der Waals surface area contributed by atoms with E-state index in [0.717, 1.165) is 5.56 Å². The Labute approximate surface area is 177 Å². The highest BCUT2D eigenvalue weighted by molar-refractivity contribution is 7.14. The van der Waals surface area contributed by atoms with Crippen LogP contribution in [0.25, 0.3) is 0 Å². The number of carbonyl (C=O) groups excluding carboxylic acids is 3. The molecule has 0 fully saturated rings. The van der Waals surface area contributed by atoms with Crippen LogP contribution in [0, 0.1) is 6.92 Å². The van der Waals surface area contributed by atoms with Gasteiger partial charge in [-0.25, -0.2) is 9.78 Å². The molecule has 3 rings (SSSR count). The highest BCUT2D eigenvalue weighted by Crippen LogP contribution is 2.18. The van der Waals surface area contributed by atoms with Crippen LogP contribution in [-0.4, -0.2) is 22.8 Å². The van der Waals surface area contributed by atoms with E-state index < -0.39 is 6.03 Å². The molecule has 4 amide bonds. The molecule has 4 N–H and O–H groups in total. The van der Waals surface area contributed by atoms with Gasteiger partial charge in [0.15, 0.2) is 5.13 Å². The van der Waals surface area contributed by atoms with E-state index in [2.05, 4.69) is 26.3 Å². The van der Waals surface area contributed by atoms with E-state index in [0.29, 0.717) is 27.9 Å². The molecular weight excluding hydrogens is 402 g/mol. The lowest BCUT2D eigenvalue weighted by Gasteiger charge is -2.06. The Bertz CT molecular complexity index is 1060. The van der Waals surface area contributed by atoms with Crippen molar-refractivity contribution in [3.05, 3.63) is 65.2 Å². The van der Waals surface area contributed by atoms with Crippen molar-refractivity contribution in [1.82, 2.24) is 4.98 Å². The van der Waals surface area contributed by atoms with Crippen LogP contribution in [-0.2, 0) is 16.0 Å². The van der Waals surface area contributed by atoms with Gasteiger partial charge in [0.25, 0.3) is 0 Å². The molecule has 9 heteroatoms. The van der Waals surface area contributed by atoms with Crippen LogP contribution in [0.15, 0.2) is 53.9 Å². The number of nitrogens with one attached hydrogen (secondary N) is 4. The Hall–Kier alpha value is -3.72. The molecule has 8 nitrogen and oxygen atoms in total. The smallest absolute Gasteiger partial charge is 0.325 e. The number of nitrogens with zero attached hydrogens (tertiary/aromatic N) is 1. The number of hydrogen-bond donors (Lipinski definition) is 4. The van der Waals surface area contributed by atoms with Crippen molar-refractivity contribution in [3.63, 3.8) is 0 Å². The topological polar surface area (TPSA) is 112 Å². The fourth-order valence-corrected chi connectivity index (χ4v) is 3.34. The lowest BCUT2D eigenvalue weighted by molar-refractivity contribution is -0.116. The molecule has 0 unspecified atom stereocenters. The minimum absolute atomic E-state index is 0.0745. The number of hydrogen-bond acceptors (Lipinski definition) is 5. The summed E-state index contributed by atoms with van der Waals surface area (Å²) < 4.78 is 0. The van der Waals surface area contributed by atoms with Crippen LogP contribution >= 0.6 is 11.3 Å². The number of aromatic nitrogens is 1. The number of thiazole rings is 1.